The number of nitrogens with one attached hydrogen (secondary N) is 1. The molecule has 3 aliphatic rings. The van der Waals surface area contributed by atoms with Crippen LogP contribution >= 0.6 is 0 Å². The fourth-order valence-corrected chi connectivity index (χ4v) is 3.15. The molecule has 1 N–H and O–H groups in total. The predicted octanol–water partition coefficient (Wildman–Crippen LogP) is -0.875. The fraction of sp³-hybridized carbons (Fsp3) is 0.615. The summed E-state index contributed by atoms with van der Waals surface area (Å²) in [5.41, 5.74) is -1.59. The second-order valence-corrected chi connectivity index (χ2v) is 5.92. The molecular weight excluding hydrogens is 296 g/mol. The summed E-state index contributed by atoms with van der Waals surface area (Å²) in [4.78, 5) is 37.8. The van der Waals surface area contributed by atoms with E-state index in [9.17, 15) is 14.4 Å². The van der Waals surface area contributed by atoms with Crippen molar-refractivity contribution >= 4 is 5.97 Å². The largest absolute Gasteiger partial charge is 0.458 e. The molecule has 4 heterocycles. The summed E-state index contributed by atoms with van der Waals surface area (Å²) >= 11 is 0. The molecule has 0 amide bonds. The maximum atomic E-state index is 12.2. The molecule has 1 aromatic rings. The first-order valence-electron chi connectivity index (χ1n) is 6.90. The third kappa shape index (κ3) is 1.86. The highest BCUT2D eigenvalue weighted by Crippen LogP contribution is 2.43. The lowest BCUT2D eigenvalue weighted by Gasteiger charge is -2.27. The Labute approximate surface area is 123 Å². The van der Waals surface area contributed by atoms with Gasteiger partial charge in [-0.25, -0.2) is 9.59 Å². The molecule has 0 radical (unpaired) electrons. The average molecular weight is 310 g/mol. The number of esters is 1. The molecule has 2 saturated heterocycles. The minimum atomic E-state index is -0.857. The summed E-state index contributed by atoms with van der Waals surface area (Å²) in [6.45, 7) is 3.48. The number of ether oxygens (including phenoxy) is 4. The van der Waals surface area contributed by atoms with Crippen LogP contribution in [0, 0.1) is 0 Å². The molecule has 4 atom stereocenters. The van der Waals surface area contributed by atoms with Gasteiger partial charge in [0.1, 0.15) is 30.6 Å². The Hall–Kier alpha value is -1.97. The van der Waals surface area contributed by atoms with Crippen molar-refractivity contribution in [3.05, 3.63) is 32.6 Å². The van der Waals surface area contributed by atoms with Gasteiger partial charge in [0.25, 0.3) is 5.56 Å². The Morgan fingerprint density at radius 3 is 2.73 bits per heavy atom. The first kappa shape index (κ1) is 13.7. The number of hydrogen-bond donors (Lipinski definition) is 1. The van der Waals surface area contributed by atoms with Gasteiger partial charge in [-0.05, 0) is 13.8 Å². The van der Waals surface area contributed by atoms with E-state index in [1.54, 1.807) is 13.8 Å². The summed E-state index contributed by atoms with van der Waals surface area (Å²) in [5.74, 6) is -1.58. The SMILES string of the molecule is CC1(C)O[C@@H]2[C@H](O1)[C@H]1COC(=O)c3cc(=O)[nH]c(=O)n3[C@@H]2O1. The molecule has 4 rings (SSSR count). The number of aromatic amines is 1. The first-order valence-corrected chi connectivity index (χ1v) is 6.90. The average Bonchev–Trinajstić information content (AvgIpc) is 2.88. The molecule has 0 aliphatic carbocycles. The van der Waals surface area contributed by atoms with Crippen LogP contribution in [0.5, 0.6) is 0 Å². The molecule has 3 aliphatic heterocycles. The lowest BCUT2D eigenvalue weighted by atomic mass is 10.1. The highest BCUT2D eigenvalue weighted by molar-refractivity contribution is 5.87. The van der Waals surface area contributed by atoms with Gasteiger partial charge in [0.05, 0.1) is 0 Å². The summed E-state index contributed by atoms with van der Waals surface area (Å²) < 4.78 is 23.5. The molecule has 0 aromatic carbocycles. The molecule has 0 spiro atoms. The Kier molecular flexibility index (Phi) is 2.66. The summed E-state index contributed by atoms with van der Waals surface area (Å²) in [5, 5.41) is 0. The number of nitrogens with zero attached hydrogens (tertiary/aromatic N) is 1. The van der Waals surface area contributed by atoms with Crippen LogP contribution in [0.4, 0.5) is 0 Å². The second-order valence-electron chi connectivity index (χ2n) is 5.92. The van der Waals surface area contributed by atoms with Gasteiger partial charge in [-0.2, -0.15) is 0 Å². The number of carbonyl (C=O) groups is 1. The van der Waals surface area contributed by atoms with Crippen molar-refractivity contribution in [3.8, 4) is 0 Å². The van der Waals surface area contributed by atoms with Crippen molar-refractivity contribution < 1.29 is 23.7 Å². The van der Waals surface area contributed by atoms with E-state index in [0.717, 1.165) is 10.6 Å². The maximum absolute atomic E-state index is 12.2. The normalized spacial score (nSPS) is 35.3. The van der Waals surface area contributed by atoms with Gasteiger partial charge in [-0.1, -0.05) is 0 Å². The van der Waals surface area contributed by atoms with Gasteiger partial charge < -0.3 is 18.9 Å². The van der Waals surface area contributed by atoms with Crippen LogP contribution in [0.3, 0.4) is 0 Å². The fourth-order valence-electron chi connectivity index (χ4n) is 3.15. The highest BCUT2D eigenvalue weighted by Gasteiger charge is 2.57. The van der Waals surface area contributed by atoms with Crippen molar-refractivity contribution in [2.75, 3.05) is 6.61 Å². The molecule has 1 aromatic heterocycles. The smallest absolute Gasteiger partial charge is 0.355 e. The molecule has 9 heteroatoms. The summed E-state index contributed by atoms with van der Waals surface area (Å²) in [6, 6.07) is 1.02. The van der Waals surface area contributed by atoms with Gasteiger partial charge in [-0.15, -0.1) is 0 Å². The van der Waals surface area contributed by atoms with E-state index in [-0.39, 0.29) is 12.3 Å². The number of cyclic esters (lactones) is 1. The van der Waals surface area contributed by atoms with Crippen LogP contribution < -0.4 is 11.2 Å². The minimum absolute atomic E-state index is 0.0308. The Morgan fingerprint density at radius 2 is 1.95 bits per heavy atom. The zero-order chi connectivity index (χ0) is 15.6. The topological polar surface area (TPSA) is 109 Å². The van der Waals surface area contributed by atoms with Gasteiger partial charge in [-0.3, -0.25) is 14.3 Å². The molecule has 22 heavy (non-hydrogen) atoms. The molecular formula is C13H14N2O7. The lowest BCUT2D eigenvalue weighted by molar-refractivity contribution is -0.202. The van der Waals surface area contributed by atoms with E-state index >= 15 is 0 Å². The van der Waals surface area contributed by atoms with E-state index in [1.807, 2.05) is 0 Å². The number of aromatic nitrogens is 2. The van der Waals surface area contributed by atoms with Crippen molar-refractivity contribution in [1.29, 1.82) is 0 Å². The number of carbonyl (C=O) groups excluding carboxylic acids is 1. The van der Waals surface area contributed by atoms with Gasteiger partial charge >= 0.3 is 11.7 Å². The van der Waals surface area contributed by atoms with Crippen molar-refractivity contribution in [1.82, 2.24) is 9.55 Å². The number of hydrogen-bond acceptors (Lipinski definition) is 7. The van der Waals surface area contributed by atoms with Crippen LogP contribution in [0.2, 0.25) is 0 Å². The highest BCUT2D eigenvalue weighted by atomic mass is 16.8. The van der Waals surface area contributed by atoms with E-state index in [0.29, 0.717) is 0 Å². The van der Waals surface area contributed by atoms with E-state index < -0.39 is 47.5 Å². The molecule has 9 nitrogen and oxygen atoms in total. The van der Waals surface area contributed by atoms with E-state index in [2.05, 4.69) is 4.98 Å². The monoisotopic (exact) mass is 310 g/mol. The standard InChI is InChI=1S/C13H14N2O7/c1-13(2)21-8-6-4-19-11(17)5-3-7(16)14-12(18)15(5)10(20-6)9(8)22-13/h3,6,8-10H,4H2,1-2H3,(H,14,16,18)/t6-,8-,9-,10-/m1/s1. The third-order valence-corrected chi connectivity index (χ3v) is 3.94. The third-order valence-electron chi connectivity index (χ3n) is 3.94. The molecule has 2 bridgehead atoms. The van der Waals surface area contributed by atoms with Crippen LogP contribution in [-0.2, 0) is 18.9 Å². The number of fused-ring (bicyclic) bond motifs is 7. The maximum Gasteiger partial charge on any atom is 0.355 e. The van der Waals surface area contributed by atoms with Crippen LogP contribution in [0.1, 0.15) is 30.6 Å². The van der Waals surface area contributed by atoms with Crippen molar-refractivity contribution in [3.63, 3.8) is 0 Å². The van der Waals surface area contributed by atoms with Crippen molar-refractivity contribution in [2.24, 2.45) is 0 Å². The van der Waals surface area contributed by atoms with Crippen LogP contribution in [-0.4, -0.2) is 46.2 Å². The van der Waals surface area contributed by atoms with E-state index in [4.69, 9.17) is 18.9 Å². The van der Waals surface area contributed by atoms with E-state index in [1.165, 1.54) is 0 Å². The first-order chi connectivity index (χ1) is 10.4. The number of rotatable bonds is 0. The van der Waals surface area contributed by atoms with Crippen molar-refractivity contribution in [2.45, 2.75) is 44.2 Å². The van der Waals surface area contributed by atoms with Crippen LogP contribution in [0.25, 0.3) is 0 Å². The summed E-state index contributed by atoms with van der Waals surface area (Å²) in [6.07, 6.45) is -2.42. The molecule has 2 fully saturated rings. The molecule has 0 saturated carbocycles. The van der Waals surface area contributed by atoms with Gasteiger partial charge in [0, 0.05) is 6.07 Å². The Bertz CT molecular complexity index is 764. The molecule has 118 valence electrons. The zero-order valence-corrected chi connectivity index (χ0v) is 11.9. The van der Waals surface area contributed by atoms with Gasteiger partial charge in [0.15, 0.2) is 12.0 Å². The zero-order valence-electron chi connectivity index (χ0n) is 11.9. The second kappa shape index (κ2) is 4.28. The quantitative estimate of drug-likeness (QED) is 0.620. The number of H-pyrrole nitrogens is 1. The predicted molar refractivity (Wildman–Crippen MR) is 69.3 cm³/mol. The lowest BCUT2D eigenvalue weighted by Crippen LogP contribution is -2.41. The van der Waals surface area contributed by atoms with Crippen LogP contribution in [0.15, 0.2) is 15.7 Å². The molecule has 0 unspecified atom stereocenters. The Balaban J connectivity index is 1.90. The van der Waals surface area contributed by atoms with Gasteiger partial charge in [0.2, 0.25) is 0 Å². The Morgan fingerprint density at radius 1 is 1.23 bits per heavy atom. The minimum Gasteiger partial charge on any atom is -0.458 e. The summed E-state index contributed by atoms with van der Waals surface area (Å²) in [7, 11) is 0.